The van der Waals surface area contributed by atoms with E-state index >= 15 is 0 Å². The maximum absolute atomic E-state index is 13.3. The molecule has 0 aliphatic heterocycles. The van der Waals surface area contributed by atoms with Crippen LogP contribution in [-0.2, 0) is 16.3 Å². The van der Waals surface area contributed by atoms with Crippen LogP contribution in [0.15, 0.2) is 76.3 Å². The topological polar surface area (TPSA) is 60.2 Å². The summed E-state index contributed by atoms with van der Waals surface area (Å²) in [5.41, 5.74) is 6.24. The van der Waals surface area contributed by atoms with E-state index in [-0.39, 0.29) is 23.9 Å². The van der Waals surface area contributed by atoms with Crippen molar-refractivity contribution in [1.82, 2.24) is 0 Å². The van der Waals surface area contributed by atoms with E-state index in [1.54, 1.807) is 24.3 Å². The Kier molecular flexibility index (Phi) is 7.02. The van der Waals surface area contributed by atoms with Crippen LogP contribution >= 0.6 is 11.8 Å². The smallest absolute Gasteiger partial charge is 0.178 e. The van der Waals surface area contributed by atoms with E-state index in [1.807, 2.05) is 30.3 Å². The van der Waals surface area contributed by atoms with Crippen molar-refractivity contribution < 1.29 is 12.8 Å². The second-order valence-electron chi connectivity index (χ2n) is 5.20. The molecule has 0 radical (unpaired) electrons. The Morgan fingerprint density at radius 3 is 2.38 bits per heavy atom. The highest BCUT2D eigenvalue weighted by Crippen LogP contribution is 2.23. The monoisotopic (exact) mass is 365 g/mol. The molecule has 0 aliphatic rings. The van der Waals surface area contributed by atoms with Crippen LogP contribution in [0.4, 0.5) is 4.39 Å². The molecule has 0 saturated heterocycles. The summed E-state index contributed by atoms with van der Waals surface area (Å²) in [5, 5.41) is 0. The number of hydrogen-bond donors (Lipinski definition) is 1. The Labute approximate surface area is 146 Å². The third-order valence-electron chi connectivity index (χ3n) is 3.40. The van der Waals surface area contributed by atoms with Gasteiger partial charge in [-0.1, -0.05) is 30.3 Å². The molecule has 0 aliphatic carbocycles. The van der Waals surface area contributed by atoms with Gasteiger partial charge < -0.3 is 5.73 Å². The van der Waals surface area contributed by atoms with Crippen molar-refractivity contribution in [3.8, 4) is 0 Å². The van der Waals surface area contributed by atoms with Crippen molar-refractivity contribution in [3.05, 3.63) is 72.1 Å². The lowest BCUT2D eigenvalue weighted by molar-refractivity contribution is 0.595. The molecule has 0 saturated carbocycles. The van der Waals surface area contributed by atoms with Crippen molar-refractivity contribution in [2.45, 2.75) is 16.2 Å². The van der Waals surface area contributed by atoms with Crippen LogP contribution in [0.2, 0.25) is 0 Å². The SMILES string of the molecule is NC/C=C(/F)CSc1ccc(S(=O)(=O)CCc2ccccc2)cc1. The molecule has 2 N–H and O–H groups in total. The van der Waals surface area contributed by atoms with Crippen LogP contribution < -0.4 is 5.73 Å². The van der Waals surface area contributed by atoms with Gasteiger partial charge in [0.05, 0.1) is 10.6 Å². The molecule has 3 nitrogen and oxygen atoms in total. The van der Waals surface area contributed by atoms with Gasteiger partial charge in [-0.05, 0) is 42.3 Å². The molecule has 0 bridgehead atoms. The largest absolute Gasteiger partial charge is 0.327 e. The first kappa shape index (κ1) is 18.7. The lowest BCUT2D eigenvalue weighted by atomic mass is 10.2. The van der Waals surface area contributed by atoms with E-state index in [4.69, 9.17) is 5.73 Å². The van der Waals surface area contributed by atoms with Crippen LogP contribution in [0.3, 0.4) is 0 Å². The van der Waals surface area contributed by atoms with Crippen LogP contribution in [0.5, 0.6) is 0 Å². The number of nitrogens with two attached hydrogens (primary N) is 1. The van der Waals surface area contributed by atoms with E-state index < -0.39 is 9.84 Å². The standard InChI is InChI=1S/C18H20FNO2S2/c19-16(10-12-20)14-23-17-6-8-18(9-7-17)24(21,22)13-11-15-4-2-1-3-5-15/h1-10H,11-14,20H2/b16-10+. The van der Waals surface area contributed by atoms with Gasteiger partial charge in [-0.3, -0.25) is 0 Å². The molecular weight excluding hydrogens is 345 g/mol. The van der Waals surface area contributed by atoms with Gasteiger partial charge in [-0.15, -0.1) is 11.8 Å². The zero-order chi connectivity index (χ0) is 17.4. The highest BCUT2D eigenvalue weighted by molar-refractivity contribution is 7.99. The van der Waals surface area contributed by atoms with Crippen LogP contribution in [0.25, 0.3) is 0 Å². The summed E-state index contributed by atoms with van der Waals surface area (Å²) in [7, 11) is -3.33. The number of thioether (sulfide) groups is 1. The minimum atomic E-state index is -3.33. The summed E-state index contributed by atoms with van der Waals surface area (Å²) in [5.74, 6) is -0.0173. The molecule has 0 amide bonds. The lowest BCUT2D eigenvalue weighted by Gasteiger charge is -2.06. The predicted octanol–water partition coefficient (Wildman–Crippen LogP) is 3.61. The van der Waals surface area contributed by atoms with E-state index in [0.717, 1.165) is 10.5 Å². The number of benzene rings is 2. The number of hydrogen-bond acceptors (Lipinski definition) is 4. The Hall–Kier alpha value is -1.63. The Bertz CT molecular complexity index is 772. The molecule has 24 heavy (non-hydrogen) atoms. The lowest BCUT2D eigenvalue weighted by Crippen LogP contribution is -2.09. The zero-order valence-electron chi connectivity index (χ0n) is 13.2. The van der Waals surface area contributed by atoms with Gasteiger partial charge in [-0.25, -0.2) is 12.8 Å². The molecule has 0 aromatic heterocycles. The zero-order valence-corrected chi connectivity index (χ0v) is 14.8. The molecule has 6 heteroatoms. The highest BCUT2D eigenvalue weighted by Gasteiger charge is 2.14. The summed E-state index contributed by atoms with van der Waals surface area (Å²) in [6, 6.07) is 16.1. The Morgan fingerprint density at radius 1 is 1.08 bits per heavy atom. The molecular formula is C18H20FNO2S2. The van der Waals surface area contributed by atoms with Crippen LogP contribution in [0.1, 0.15) is 5.56 Å². The van der Waals surface area contributed by atoms with Crippen LogP contribution in [0, 0.1) is 0 Å². The van der Waals surface area contributed by atoms with Crippen molar-refractivity contribution in [1.29, 1.82) is 0 Å². The van der Waals surface area contributed by atoms with E-state index in [0.29, 0.717) is 11.3 Å². The molecule has 2 aromatic rings. The third kappa shape index (κ3) is 5.78. The minimum Gasteiger partial charge on any atom is -0.327 e. The first-order valence-corrected chi connectivity index (χ1v) is 10.2. The predicted molar refractivity (Wildman–Crippen MR) is 97.6 cm³/mol. The van der Waals surface area contributed by atoms with Gasteiger partial charge in [0.2, 0.25) is 0 Å². The molecule has 0 fully saturated rings. The van der Waals surface area contributed by atoms with Gasteiger partial charge in [0, 0.05) is 17.2 Å². The minimum absolute atomic E-state index is 0.0668. The second kappa shape index (κ2) is 9.01. The van der Waals surface area contributed by atoms with E-state index in [2.05, 4.69) is 0 Å². The Balaban J connectivity index is 1.97. The molecule has 128 valence electrons. The van der Waals surface area contributed by atoms with Gasteiger partial charge in [0.1, 0.15) is 5.83 Å². The van der Waals surface area contributed by atoms with Gasteiger partial charge in [0.15, 0.2) is 9.84 Å². The average Bonchev–Trinajstić information content (AvgIpc) is 2.60. The maximum Gasteiger partial charge on any atom is 0.178 e. The van der Waals surface area contributed by atoms with Crippen LogP contribution in [-0.4, -0.2) is 26.5 Å². The third-order valence-corrected chi connectivity index (χ3v) is 6.16. The summed E-state index contributed by atoms with van der Waals surface area (Å²) in [6.07, 6.45) is 1.81. The first-order chi connectivity index (χ1) is 11.5. The van der Waals surface area contributed by atoms with E-state index in [9.17, 15) is 12.8 Å². The summed E-state index contributed by atoms with van der Waals surface area (Å²) in [4.78, 5) is 1.11. The molecule has 2 aromatic carbocycles. The molecule has 0 heterocycles. The number of rotatable bonds is 8. The molecule has 2 rings (SSSR count). The van der Waals surface area contributed by atoms with Crippen molar-refractivity contribution >= 4 is 21.6 Å². The summed E-state index contributed by atoms with van der Waals surface area (Å²) in [6.45, 7) is 0.172. The van der Waals surface area contributed by atoms with Gasteiger partial charge in [0.25, 0.3) is 0 Å². The number of halogens is 1. The first-order valence-electron chi connectivity index (χ1n) is 7.55. The Morgan fingerprint density at radius 2 is 1.75 bits per heavy atom. The average molecular weight is 365 g/mol. The second-order valence-corrected chi connectivity index (χ2v) is 8.36. The normalized spacial score (nSPS) is 12.3. The van der Waals surface area contributed by atoms with Crippen molar-refractivity contribution in [2.75, 3.05) is 18.1 Å². The highest BCUT2D eigenvalue weighted by atomic mass is 32.2. The number of sulfone groups is 1. The summed E-state index contributed by atoms with van der Waals surface area (Å²) < 4.78 is 38.0. The van der Waals surface area contributed by atoms with E-state index in [1.165, 1.54) is 17.8 Å². The van der Waals surface area contributed by atoms with Crippen molar-refractivity contribution in [3.63, 3.8) is 0 Å². The fourth-order valence-corrected chi connectivity index (χ4v) is 4.14. The summed E-state index contributed by atoms with van der Waals surface area (Å²) >= 11 is 1.30. The number of aryl methyl sites for hydroxylation is 1. The fourth-order valence-electron chi connectivity index (χ4n) is 2.10. The van der Waals surface area contributed by atoms with Gasteiger partial charge >= 0.3 is 0 Å². The molecule has 0 unspecified atom stereocenters. The molecule has 0 atom stereocenters. The van der Waals surface area contributed by atoms with Gasteiger partial charge in [-0.2, -0.15) is 0 Å². The van der Waals surface area contributed by atoms with Crippen molar-refractivity contribution in [2.24, 2.45) is 5.73 Å². The fraction of sp³-hybridized carbons (Fsp3) is 0.222. The molecule has 0 spiro atoms. The maximum atomic E-state index is 13.3. The quantitative estimate of drug-likeness (QED) is 0.726.